The number of rotatable bonds is 8. The van der Waals surface area contributed by atoms with Crippen LogP contribution in [0.15, 0.2) is 66.7 Å². The standard InChI is InChI=1S/C22H24N2O3/c1-16(27-19-10-6-9-18(15-19)26-2)22(25)24-14-13-23-21-12-5-8-17-7-3-4-11-20(17)21/h3-12,15-16,23H,13-14H2,1-2H3,(H,24,25). The van der Waals surface area contributed by atoms with Crippen molar-refractivity contribution in [2.45, 2.75) is 13.0 Å². The summed E-state index contributed by atoms with van der Waals surface area (Å²) in [6.45, 7) is 2.87. The van der Waals surface area contributed by atoms with E-state index in [4.69, 9.17) is 9.47 Å². The normalized spacial score (nSPS) is 11.6. The summed E-state index contributed by atoms with van der Waals surface area (Å²) in [6, 6.07) is 21.6. The lowest BCUT2D eigenvalue weighted by Crippen LogP contribution is -2.38. The summed E-state index contributed by atoms with van der Waals surface area (Å²) < 4.78 is 10.8. The number of nitrogens with one attached hydrogen (secondary N) is 2. The van der Waals surface area contributed by atoms with Crippen LogP contribution in [0.5, 0.6) is 11.5 Å². The Morgan fingerprint density at radius 2 is 1.70 bits per heavy atom. The zero-order chi connectivity index (χ0) is 19.1. The highest BCUT2D eigenvalue weighted by Gasteiger charge is 2.14. The van der Waals surface area contributed by atoms with Crippen molar-refractivity contribution in [3.05, 3.63) is 66.7 Å². The van der Waals surface area contributed by atoms with Gasteiger partial charge in [-0.1, -0.05) is 42.5 Å². The first kappa shape index (κ1) is 18.6. The Labute approximate surface area is 159 Å². The van der Waals surface area contributed by atoms with Crippen LogP contribution in [0, 0.1) is 0 Å². The van der Waals surface area contributed by atoms with Gasteiger partial charge >= 0.3 is 0 Å². The number of hydrogen-bond donors (Lipinski definition) is 2. The van der Waals surface area contributed by atoms with E-state index >= 15 is 0 Å². The maximum absolute atomic E-state index is 12.2. The number of amides is 1. The van der Waals surface area contributed by atoms with Crippen LogP contribution in [-0.4, -0.2) is 32.2 Å². The molecule has 5 heteroatoms. The summed E-state index contributed by atoms with van der Waals surface area (Å²) in [6.07, 6.45) is -0.588. The Morgan fingerprint density at radius 3 is 2.56 bits per heavy atom. The zero-order valence-electron chi connectivity index (χ0n) is 15.6. The van der Waals surface area contributed by atoms with Crippen molar-refractivity contribution in [1.29, 1.82) is 0 Å². The maximum atomic E-state index is 12.2. The van der Waals surface area contributed by atoms with Gasteiger partial charge in [-0.2, -0.15) is 0 Å². The van der Waals surface area contributed by atoms with Gasteiger partial charge in [-0.3, -0.25) is 4.79 Å². The maximum Gasteiger partial charge on any atom is 0.260 e. The molecule has 0 saturated carbocycles. The number of anilines is 1. The Balaban J connectivity index is 1.47. The first-order valence-corrected chi connectivity index (χ1v) is 8.97. The third-order valence-electron chi connectivity index (χ3n) is 4.25. The van der Waals surface area contributed by atoms with E-state index in [1.54, 1.807) is 26.2 Å². The van der Waals surface area contributed by atoms with Gasteiger partial charge < -0.3 is 20.1 Å². The number of methoxy groups -OCH3 is 1. The second kappa shape index (κ2) is 8.94. The van der Waals surface area contributed by atoms with Crippen molar-refractivity contribution in [3.8, 4) is 11.5 Å². The van der Waals surface area contributed by atoms with Crippen molar-refractivity contribution >= 4 is 22.4 Å². The Kier molecular flexibility index (Phi) is 6.15. The van der Waals surface area contributed by atoms with Gasteiger partial charge in [-0.25, -0.2) is 0 Å². The second-order valence-electron chi connectivity index (χ2n) is 6.18. The first-order chi connectivity index (χ1) is 13.2. The third kappa shape index (κ3) is 4.91. The smallest absolute Gasteiger partial charge is 0.260 e. The third-order valence-corrected chi connectivity index (χ3v) is 4.25. The Morgan fingerprint density at radius 1 is 0.963 bits per heavy atom. The minimum absolute atomic E-state index is 0.155. The van der Waals surface area contributed by atoms with E-state index in [9.17, 15) is 4.79 Å². The number of fused-ring (bicyclic) bond motifs is 1. The van der Waals surface area contributed by atoms with E-state index in [1.807, 2.05) is 36.4 Å². The molecule has 0 saturated heterocycles. The predicted octanol–water partition coefficient (Wildman–Crippen LogP) is 3.84. The van der Waals surface area contributed by atoms with Gasteiger partial charge in [0.2, 0.25) is 0 Å². The molecule has 1 amide bonds. The van der Waals surface area contributed by atoms with Crippen LogP contribution < -0.4 is 20.1 Å². The lowest BCUT2D eigenvalue weighted by molar-refractivity contribution is -0.127. The molecule has 3 aromatic carbocycles. The molecule has 1 atom stereocenters. The highest BCUT2D eigenvalue weighted by atomic mass is 16.5. The molecule has 5 nitrogen and oxygen atoms in total. The van der Waals surface area contributed by atoms with Gasteiger partial charge in [-0.15, -0.1) is 0 Å². The van der Waals surface area contributed by atoms with Crippen LogP contribution in [0.25, 0.3) is 10.8 Å². The van der Waals surface area contributed by atoms with Crippen LogP contribution in [0.2, 0.25) is 0 Å². The van der Waals surface area contributed by atoms with Gasteiger partial charge in [0, 0.05) is 30.2 Å². The minimum atomic E-state index is -0.588. The number of benzene rings is 3. The molecular weight excluding hydrogens is 340 g/mol. The van der Waals surface area contributed by atoms with Gasteiger partial charge in [-0.05, 0) is 30.5 Å². The zero-order valence-corrected chi connectivity index (χ0v) is 15.6. The van der Waals surface area contributed by atoms with Crippen molar-refractivity contribution < 1.29 is 14.3 Å². The number of ether oxygens (including phenoxy) is 2. The molecule has 140 valence electrons. The fourth-order valence-electron chi connectivity index (χ4n) is 2.84. The fraction of sp³-hybridized carbons (Fsp3) is 0.227. The molecule has 0 aliphatic rings. The van der Waals surface area contributed by atoms with E-state index < -0.39 is 6.10 Å². The van der Waals surface area contributed by atoms with E-state index in [-0.39, 0.29) is 5.91 Å². The van der Waals surface area contributed by atoms with Crippen LogP contribution in [0.4, 0.5) is 5.69 Å². The molecule has 0 spiro atoms. The molecule has 0 fully saturated rings. The highest BCUT2D eigenvalue weighted by molar-refractivity contribution is 5.93. The second-order valence-corrected chi connectivity index (χ2v) is 6.18. The van der Waals surface area contributed by atoms with Gasteiger partial charge in [0.25, 0.3) is 5.91 Å². The molecular formula is C22H24N2O3. The lowest BCUT2D eigenvalue weighted by atomic mass is 10.1. The monoisotopic (exact) mass is 364 g/mol. The predicted molar refractivity (Wildman–Crippen MR) is 109 cm³/mol. The van der Waals surface area contributed by atoms with Crippen molar-refractivity contribution in [2.24, 2.45) is 0 Å². The van der Waals surface area contributed by atoms with E-state index in [0.29, 0.717) is 24.6 Å². The molecule has 3 aromatic rings. The van der Waals surface area contributed by atoms with Gasteiger partial charge in [0.05, 0.1) is 7.11 Å². The highest BCUT2D eigenvalue weighted by Crippen LogP contribution is 2.22. The summed E-state index contributed by atoms with van der Waals surface area (Å²) in [5.41, 5.74) is 1.06. The molecule has 2 N–H and O–H groups in total. The van der Waals surface area contributed by atoms with Crippen molar-refractivity contribution in [2.75, 3.05) is 25.5 Å². The summed E-state index contributed by atoms with van der Waals surface area (Å²) in [4.78, 5) is 12.2. The van der Waals surface area contributed by atoms with Crippen LogP contribution in [-0.2, 0) is 4.79 Å². The van der Waals surface area contributed by atoms with E-state index in [0.717, 1.165) is 5.69 Å². The first-order valence-electron chi connectivity index (χ1n) is 8.97. The molecule has 1 unspecified atom stereocenters. The Hall–Kier alpha value is -3.21. The quantitative estimate of drug-likeness (QED) is 0.596. The number of hydrogen-bond acceptors (Lipinski definition) is 4. The Bertz CT molecular complexity index is 905. The molecule has 0 aromatic heterocycles. The SMILES string of the molecule is COc1cccc(OC(C)C(=O)NCCNc2cccc3ccccc23)c1. The van der Waals surface area contributed by atoms with E-state index in [2.05, 4.69) is 28.8 Å². The van der Waals surface area contributed by atoms with E-state index in [1.165, 1.54) is 10.8 Å². The van der Waals surface area contributed by atoms with Crippen LogP contribution in [0.3, 0.4) is 0 Å². The molecule has 3 rings (SSSR count). The largest absolute Gasteiger partial charge is 0.497 e. The summed E-state index contributed by atoms with van der Waals surface area (Å²) >= 11 is 0. The van der Waals surface area contributed by atoms with Gasteiger partial charge in [0.1, 0.15) is 11.5 Å². The summed E-state index contributed by atoms with van der Waals surface area (Å²) in [5, 5.41) is 8.62. The molecule has 0 radical (unpaired) electrons. The molecule has 27 heavy (non-hydrogen) atoms. The number of carbonyl (C=O) groups is 1. The van der Waals surface area contributed by atoms with Crippen molar-refractivity contribution in [1.82, 2.24) is 5.32 Å². The van der Waals surface area contributed by atoms with Gasteiger partial charge in [0.15, 0.2) is 6.10 Å². The molecule has 0 heterocycles. The average Bonchev–Trinajstić information content (AvgIpc) is 2.71. The van der Waals surface area contributed by atoms with Crippen LogP contribution in [0.1, 0.15) is 6.92 Å². The molecule has 0 aliphatic heterocycles. The topological polar surface area (TPSA) is 59.6 Å². The minimum Gasteiger partial charge on any atom is -0.497 e. The lowest BCUT2D eigenvalue weighted by Gasteiger charge is -2.16. The summed E-state index contributed by atoms with van der Waals surface area (Å²) in [5.74, 6) is 1.14. The number of carbonyl (C=O) groups excluding carboxylic acids is 1. The van der Waals surface area contributed by atoms with Crippen LogP contribution >= 0.6 is 0 Å². The summed E-state index contributed by atoms with van der Waals surface area (Å²) in [7, 11) is 1.60. The molecule has 0 bridgehead atoms. The fourth-order valence-corrected chi connectivity index (χ4v) is 2.84. The van der Waals surface area contributed by atoms with Crippen molar-refractivity contribution in [3.63, 3.8) is 0 Å². The molecule has 0 aliphatic carbocycles. The average molecular weight is 364 g/mol.